The molecule has 2 aromatic carbocycles. The third-order valence-electron chi connectivity index (χ3n) is 7.27. The van der Waals surface area contributed by atoms with Gasteiger partial charge in [0.05, 0.1) is 17.6 Å². The van der Waals surface area contributed by atoms with E-state index in [4.69, 9.17) is 4.74 Å². The molecule has 2 aromatic rings. The summed E-state index contributed by atoms with van der Waals surface area (Å²) in [6.07, 6.45) is 5.94. The van der Waals surface area contributed by atoms with Crippen molar-refractivity contribution in [1.82, 2.24) is 10.2 Å². The summed E-state index contributed by atoms with van der Waals surface area (Å²) in [5, 5.41) is 3.18. The van der Waals surface area contributed by atoms with Crippen LogP contribution in [0.4, 0.5) is 0 Å². The molecule has 31 heavy (non-hydrogen) atoms. The van der Waals surface area contributed by atoms with Gasteiger partial charge in [0, 0.05) is 25.3 Å². The van der Waals surface area contributed by atoms with Crippen molar-refractivity contribution < 1.29 is 14.3 Å². The maximum Gasteiger partial charge on any atom is 0.254 e. The normalized spacial score (nSPS) is 24.4. The Hall–Kier alpha value is -2.66. The van der Waals surface area contributed by atoms with Crippen LogP contribution in [-0.2, 0) is 16.1 Å². The molecule has 0 radical (unpaired) electrons. The van der Waals surface area contributed by atoms with Gasteiger partial charge >= 0.3 is 0 Å². The standard InChI is InChI=1S/C26H30N2O3/c29-24(27-17-20-11-8-16-31-20)23-21-12-4-5-13-22(21)25(30)28(26(23)14-6-7-15-26)18-19-9-2-1-3-10-19/h1-5,9-10,12-13,20,23H,6-8,11,14-18H2,(H,27,29)/t20-,23+/m0/s1. The van der Waals surface area contributed by atoms with Crippen LogP contribution in [0.3, 0.4) is 0 Å². The minimum Gasteiger partial charge on any atom is -0.376 e. The van der Waals surface area contributed by atoms with Crippen molar-refractivity contribution in [2.75, 3.05) is 13.2 Å². The summed E-state index contributed by atoms with van der Waals surface area (Å²) in [7, 11) is 0. The zero-order chi connectivity index (χ0) is 21.3. The molecule has 1 aliphatic carbocycles. The Balaban J connectivity index is 1.52. The number of hydrogen-bond donors (Lipinski definition) is 1. The van der Waals surface area contributed by atoms with Crippen LogP contribution in [0.15, 0.2) is 54.6 Å². The Morgan fingerprint density at radius 3 is 2.52 bits per heavy atom. The largest absolute Gasteiger partial charge is 0.376 e. The van der Waals surface area contributed by atoms with Crippen molar-refractivity contribution in [3.63, 3.8) is 0 Å². The summed E-state index contributed by atoms with van der Waals surface area (Å²) < 4.78 is 5.72. The highest BCUT2D eigenvalue weighted by atomic mass is 16.5. The molecule has 2 amide bonds. The lowest BCUT2D eigenvalue weighted by Gasteiger charge is -2.50. The molecule has 0 aromatic heterocycles. The maximum atomic E-state index is 13.7. The molecule has 0 bridgehead atoms. The van der Waals surface area contributed by atoms with Crippen molar-refractivity contribution in [3.8, 4) is 0 Å². The molecule has 162 valence electrons. The number of nitrogens with one attached hydrogen (secondary N) is 1. The van der Waals surface area contributed by atoms with E-state index in [9.17, 15) is 9.59 Å². The van der Waals surface area contributed by atoms with E-state index in [1.807, 2.05) is 47.4 Å². The smallest absolute Gasteiger partial charge is 0.254 e. The molecule has 0 unspecified atom stereocenters. The lowest BCUT2D eigenvalue weighted by molar-refractivity contribution is -0.127. The SMILES string of the molecule is O=C(NC[C@@H]1CCCO1)[C@H]1c2ccccc2C(=O)N(Cc2ccccc2)C12CCCC2. The lowest BCUT2D eigenvalue weighted by atomic mass is 9.71. The summed E-state index contributed by atoms with van der Waals surface area (Å²) in [5.41, 5.74) is 2.17. The topological polar surface area (TPSA) is 58.6 Å². The van der Waals surface area contributed by atoms with E-state index in [1.165, 1.54) is 0 Å². The lowest BCUT2D eigenvalue weighted by Crippen LogP contribution is -2.60. The Morgan fingerprint density at radius 2 is 1.77 bits per heavy atom. The van der Waals surface area contributed by atoms with Gasteiger partial charge < -0.3 is 15.0 Å². The van der Waals surface area contributed by atoms with Gasteiger partial charge in [-0.25, -0.2) is 0 Å². The van der Waals surface area contributed by atoms with Crippen molar-refractivity contribution >= 4 is 11.8 Å². The van der Waals surface area contributed by atoms with E-state index in [0.717, 1.165) is 56.3 Å². The van der Waals surface area contributed by atoms with Crippen LogP contribution in [0.2, 0.25) is 0 Å². The fourth-order valence-electron chi connectivity index (χ4n) is 5.78. The molecule has 5 heteroatoms. The Labute approximate surface area is 183 Å². The monoisotopic (exact) mass is 418 g/mol. The van der Waals surface area contributed by atoms with E-state index in [-0.39, 0.29) is 23.8 Å². The minimum absolute atomic E-state index is 0.0235. The van der Waals surface area contributed by atoms with E-state index in [2.05, 4.69) is 17.4 Å². The van der Waals surface area contributed by atoms with Crippen LogP contribution < -0.4 is 5.32 Å². The third kappa shape index (κ3) is 3.65. The average molecular weight is 419 g/mol. The first-order valence-corrected chi connectivity index (χ1v) is 11.5. The predicted octanol–water partition coefficient (Wildman–Crippen LogP) is 4.03. The summed E-state index contributed by atoms with van der Waals surface area (Å²) >= 11 is 0. The molecule has 2 fully saturated rings. The van der Waals surface area contributed by atoms with E-state index < -0.39 is 5.54 Å². The van der Waals surface area contributed by atoms with E-state index in [1.54, 1.807) is 0 Å². The quantitative estimate of drug-likeness (QED) is 0.797. The fraction of sp³-hybridized carbons (Fsp3) is 0.462. The molecule has 2 heterocycles. The van der Waals surface area contributed by atoms with Gasteiger partial charge in [-0.3, -0.25) is 9.59 Å². The molecule has 3 aliphatic rings. The zero-order valence-corrected chi connectivity index (χ0v) is 17.9. The summed E-state index contributed by atoms with van der Waals surface area (Å²) in [4.78, 5) is 29.4. The number of nitrogens with zero attached hydrogens (tertiary/aromatic N) is 1. The van der Waals surface area contributed by atoms with Gasteiger partial charge in [0.2, 0.25) is 5.91 Å². The molecule has 2 aliphatic heterocycles. The Kier molecular flexibility index (Phi) is 5.53. The first kappa shape index (κ1) is 20.3. The Morgan fingerprint density at radius 1 is 1.03 bits per heavy atom. The summed E-state index contributed by atoms with van der Waals surface area (Å²) in [6, 6.07) is 17.8. The molecule has 5 rings (SSSR count). The molecule has 2 atom stereocenters. The van der Waals surface area contributed by atoms with Gasteiger partial charge in [-0.05, 0) is 42.9 Å². The number of carbonyl (C=O) groups excluding carboxylic acids is 2. The first-order chi connectivity index (χ1) is 15.2. The first-order valence-electron chi connectivity index (χ1n) is 11.5. The number of carbonyl (C=O) groups is 2. The second kappa shape index (κ2) is 8.46. The van der Waals surface area contributed by atoms with Crippen molar-refractivity contribution in [2.24, 2.45) is 0 Å². The van der Waals surface area contributed by atoms with Gasteiger partial charge in [-0.2, -0.15) is 0 Å². The summed E-state index contributed by atoms with van der Waals surface area (Å²) in [5.74, 6) is -0.283. The zero-order valence-electron chi connectivity index (χ0n) is 17.9. The van der Waals surface area contributed by atoms with Crippen LogP contribution in [0.5, 0.6) is 0 Å². The molecular weight excluding hydrogens is 388 g/mol. The number of benzene rings is 2. The second-order valence-electron chi connectivity index (χ2n) is 9.09. The van der Waals surface area contributed by atoms with Crippen LogP contribution in [0.25, 0.3) is 0 Å². The third-order valence-corrected chi connectivity index (χ3v) is 7.27. The molecule has 5 nitrogen and oxygen atoms in total. The highest BCUT2D eigenvalue weighted by Crippen LogP contribution is 2.50. The van der Waals surface area contributed by atoms with Crippen LogP contribution >= 0.6 is 0 Å². The Bertz CT molecular complexity index is 946. The number of rotatable bonds is 5. The fourth-order valence-corrected chi connectivity index (χ4v) is 5.78. The average Bonchev–Trinajstić information content (AvgIpc) is 3.49. The minimum atomic E-state index is -0.470. The molecule has 1 saturated heterocycles. The highest BCUT2D eigenvalue weighted by Gasteiger charge is 2.55. The maximum absolute atomic E-state index is 13.7. The molecule has 1 spiro atoms. The van der Waals surface area contributed by atoms with Gasteiger partial charge in [0.25, 0.3) is 5.91 Å². The van der Waals surface area contributed by atoms with Crippen molar-refractivity contribution in [2.45, 2.75) is 62.6 Å². The number of ether oxygens (including phenoxy) is 1. The predicted molar refractivity (Wildman–Crippen MR) is 119 cm³/mol. The van der Waals surface area contributed by atoms with Crippen molar-refractivity contribution in [3.05, 3.63) is 71.3 Å². The number of hydrogen-bond acceptors (Lipinski definition) is 3. The van der Waals surface area contributed by atoms with Gasteiger partial charge in [-0.1, -0.05) is 61.4 Å². The van der Waals surface area contributed by atoms with Crippen LogP contribution in [0.1, 0.15) is 65.9 Å². The second-order valence-corrected chi connectivity index (χ2v) is 9.09. The molecular formula is C26H30N2O3. The van der Waals surface area contributed by atoms with Gasteiger partial charge in [0.15, 0.2) is 0 Å². The van der Waals surface area contributed by atoms with E-state index >= 15 is 0 Å². The number of amides is 2. The summed E-state index contributed by atoms with van der Waals surface area (Å²) in [6.45, 7) is 1.85. The van der Waals surface area contributed by atoms with Gasteiger partial charge in [-0.15, -0.1) is 0 Å². The highest BCUT2D eigenvalue weighted by molar-refractivity contribution is 6.02. The number of fused-ring (bicyclic) bond motifs is 1. The van der Waals surface area contributed by atoms with Crippen LogP contribution in [-0.4, -0.2) is 41.5 Å². The van der Waals surface area contributed by atoms with Crippen LogP contribution in [0, 0.1) is 0 Å². The van der Waals surface area contributed by atoms with E-state index in [0.29, 0.717) is 18.7 Å². The molecule has 1 saturated carbocycles. The van der Waals surface area contributed by atoms with Crippen molar-refractivity contribution in [1.29, 1.82) is 0 Å². The van der Waals surface area contributed by atoms with Gasteiger partial charge in [0.1, 0.15) is 0 Å². The molecule has 1 N–H and O–H groups in total.